The summed E-state index contributed by atoms with van der Waals surface area (Å²) in [6.07, 6.45) is -5.05. The fourth-order valence-electron chi connectivity index (χ4n) is 8.87. The number of esters is 1. The molecule has 0 spiro atoms. The first-order valence-corrected chi connectivity index (χ1v) is 18.6. The van der Waals surface area contributed by atoms with Crippen molar-refractivity contribution in [3.05, 3.63) is 47.0 Å². The minimum absolute atomic E-state index is 0.0221. The van der Waals surface area contributed by atoms with Gasteiger partial charge in [0, 0.05) is 31.3 Å². The van der Waals surface area contributed by atoms with Crippen LogP contribution in [0.15, 0.2) is 41.5 Å². The molecule has 1 aromatic carbocycles. The van der Waals surface area contributed by atoms with Crippen LogP contribution in [0, 0.1) is 16.7 Å². The Labute approximate surface area is 262 Å². The SMILES string of the molecule is CC[Si](CC)(CC)O[C@H]1C[C@@]2(O)[C@@H](OC(=O)c3ccccc3)C3[C@]4(O)CO[C@@H]4C[C@H](O)[C@@]3(C)C(=O)[C@H](OC)C(=C1C)C2(C)C. The van der Waals surface area contributed by atoms with Crippen LogP contribution in [0.4, 0.5) is 0 Å². The highest BCUT2D eigenvalue weighted by atomic mass is 28.4. The predicted octanol–water partition coefficient (Wildman–Crippen LogP) is 4.19. The van der Waals surface area contributed by atoms with Crippen LogP contribution < -0.4 is 0 Å². The zero-order chi connectivity index (χ0) is 32.5. The molecule has 44 heavy (non-hydrogen) atoms. The smallest absolute Gasteiger partial charge is 0.338 e. The van der Waals surface area contributed by atoms with Gasteiger partial charge in [-0.2, -0.15) is 0 Å². The van der Waals surface area contributed by atoms with E-state index in [1.165, 1.54) is 7.11 Å². The molecule has 3 aliphatic carbocycles. The normalized spacial score (nSPS) is 39.8. The number of ether oxygens (including phenoxy) is 3. The third-order valence-electron chi connectivity index (χ3n) is 12.2. The van der Waals surface area contributed by atoms with Crippen molar-refractivity contribution in [2.45, 2.75) is 121 Å². The molecule has 9 atom stereocenters. The van der Waals surface area contributed by atoms with Crippen molar-refractivity contribution in [3.8, 4) is 0 Å². The first kappa shape index (κ1) is 33.4. The van der Waals surface area contributed by atoms with E-state index in [4.69, 9.17) is 18.6 Å². The highest BCUT2D eigenvalue weighted by molar-refractivity contribution is 6.73. The number of Topliss-reactive ketones (excluding diaryl/α,β-unsaturated/α-hetero) is 1. The van der Waals surface area contributed by atoms with Crippen molar-refractivity contribution in [2.75, 3.05) is 13.7 Å². The average molecular weight is 631 g/mol. The molecule has 0 amide bonds. The Hall–Kier alpha value is -1.92. The topological polar surface area (TPSA) is 132 Å². The van der Waals surface area contributed by atoms with Gasteiger partial charge in [0.1, 0.15) is 23.4 Å². The average Bonchev–Trinajstić information content (AvgIpc) is 3.01. The molecular weight excluding hydrogens is 580 g/mol. The van der Waals surface area contributed by atoms with Gasteiger partial charge < -0.3 is 34.0 Å². The summed E-state index contributed by atoms with van der Waals surface area (Å²) < 4.78 is 25.1. The number of fused-ring (bicyclic) bond motifs is 5. The summed E-state index contributed by atoms with van der Waals surface area (Å²) in [5, 5.41) is 37.3. The number of hydrogen-bond donors (Lipinski definition) is 3. The highest BCUT2D eigenvalue weighted by Crippen LogP contribution is 2.63. The fraction of sp³-hybridized carbons (Fsp3) is 0.706. The van der Waals surface area contributed by atoms with Crippen molar-refractivity contribution >= 4 is 20.1 Å². The first-order valence-electron chi connectivity index (χ1n) is 16.1. The lowest BCUT2D eigenvalue weighted by Gasteiger charge is -2.67. The second-order valence-corrected chi connectivity index (χ2v) is 18.9. The summed E-state index contributed by atoms with van der Waals surface area (Å²) in [6.45, 7) is 13.5. The van der Waals surface area contributed by atoms with Gasteiger partial charge in [-0.25, -0.2) is 4.79 Å². The van der Waals surface area contributed by atoms with Gasteiger partial charge >= 0.3 is 5.97 Å². The molecule has 3 N–H and O–H groups in total. The van der Waals surface area contributed by atoms with Crippen LogP contribution >= 0.6 is 0 Å². The molecule has 0 radical (unpaired) electrons. The summed E-state index contributed by atoms with van der Waals surface area (Å²) in [5.74, 6) is -2.32. The largest absolute Gasteiger partial charge is 0.455 e. The molecule has 1 aromatic rings. The molecule has 3 fully saturated rings. The van der Waals surface area contributed by atoms with E-state index in [-0.39, 0.29) is 25.0 Å². The number of methoxy groups -OCH3 is 1. The molecule has 2 saturated carbocycles. The summed E-state index contributed by atoms with van der Waals surface area (Å²) in [4.78, 5) is 28.7. The van der Waals surface area contributed by atoms with Gasteiger partial charge in [-0.15, -0.1) is 0 Å². The number of aliphatic hydroxyl groups excluding tert-OH is 1. The molecule has 9 nitrogen and oxygen atoms in total. The Morgan fingerprint density at radius 3 is 2.20 bits per heavy atom. The van der Waals surface area contributed by atoms with Gasteiger partial charge in [0.15, 0.2) is 14.1 Å². The van der Waals surface area contributed by atoms with Crippen molar-refractivity contribution in [2.24, 2.45) is 16.7 Å². The number of carbonyl (C=O) groups excluding carboxylic acids is 2. The van der Waals surface area contributed by atoms with E-state index < -0.39 is 78.5 Å². The van der Waals surface area contributed by atoms with E-state index in [0.717, 1.165) is 23.7 Å². The highest BCUT2D eigenvalue weighted by Gasteiger charge is 2.76. The monoisotopic (exact) mass is 630 g/mol. The maximum atomic E-state index is 14.9. The third kappa shape index (κ3) is 4.54. The van der Waals surface area contributed by atoms with Crippen LogP contribution in [0.25, 0.3) is 0 Å². The summed E-state index contributed by atoms with van der Waals surface area (Å²) in [7, 11) is -0.779. The van der Waals surface area contributed by atoms with E-state index in [1.807, 2.05) is 20.8 Å². The number of benzene rings is 1. The third-order valence-corrected chi connectivity index (χ3v) is 16.8. The summed E-state index contributed by atoms with van der Waals surface area (Å²) in [6, 6.07) is 11.1. The van der Waals surface area contributed by atoms with Crippen molar-refractivity contribution < 1.29 is 43.5 Å². The van der Waals surface area contributed by atoms with Crippen LogP contribution in [0.3, 0.4) is 0 Å². The molecule has 5 rings (SSSR count). The molecule has 0 aromatic heterocycles. The lowest BCUT2D eigenvalue weighted by atomic mass is 9.44. The lowest BCUT2D eigenvalue weighted by Crippen LogP contribution is -2.81. The van der Waals surface area contributed by atoms with Crippen LogP contribution in [-0.4, -0.2) is 90.8 Å². The fourth-order valence-corrected chi connectivity index (χ4v) is 11.7. The molecule has 1 saturated heterocycles. The standard InChI is InChI=1S/C34H50O9Si/c1-9-44(10-2,11-3)43-22-18-34(39)29(42-30(37)21-15-13-12-14-16-21)27-32(7,23(35)17-24-33(27,38)19-41-24)28(36)26(40-8)25(20(22)4)31(34,5)6/h12-16,22-24,26-27,29,35,38-39H,9-11,17-19H2,1-8H3/t22-,23-,24+,26+,27?,29-,32+,33-,34+/m0/s1. The van der Waals surface area contributed by atoms with Crippen LogP contribution in [0.2, 0.25) is 18.1 Å². The van der Waals surface area contributed by atoms with Crippen LogP contribution in [-0.2, 0) is 23.4 Å². The minimum atomic E-state index is -2.24. The first-order chi connectivity index (χ1) is 20.6. The molecule has 244 valence electrons. The molecule has 1 aliphatic heterocycles. The second-order valence-electron chi connectivity index (χ2n) is 14.2. The number of carbonyl (C=O) groups is 2. The zero-order valence-electron chi connectivity index (χ0n) is 27.4. The number of rotatable bonds is 8. The lowest BCUT2D eigenvalue weighted by molar-refractivity contribution is -0.343. The molecule has 4 aliphatic rings. The maximum absolute atomic E-state index is 14.9. The number of hydrogen-bond acceptors (Lipinski definition) is 9. The van der Waals surface area contributed by atoms with Crippen molar-refractivity contribution in [3.63, 3.8) is 0 Å². The van der Waals surface area contributed by atoms with E-state index in [9.17, 15) is 24.9 Å². The van der Waals surface area contributed by atoms with Gasteiger partial charge in [0.25, 0.3) is 0 Å². The van der Waals surface area contributed by atoms with Gasteiger partial charge in [0.2, 0.25) is 0 Å². The second kappa shape index (κ2) is 11.4. The van der Waals surface area contributed by atoms with Gasteiger partial charge in [0.05, 0.1) is 35.9 Å². The van der Waals surface area contributed by atoms with Crippen molar-refractivity contribution in [1.29, 1.82) is 0 Å². The minimum Gasteiger partial charge on any atom is -0.455 e. The Morgan fingerprint density at radius 2 is 1.68 bits per heavy atom. The van der Waals surface area contributed by atoms with Crippen LogP contribution in [0.5, 0.6) is 0 Å². The van der Waals surface area contributed by atoms with E-state index >= 15 is 0 Å². The molecule has 1 heterocycles. The Kier molecular flexibility index (Phi) is 8.66. The Morgan fingerprint density at radius 1 is 1.07 bits per heavy atom. The van der Waals surface area contributed by atoms with Gasteiger partial charge in [-0.1, -0.05) is 52.8 Å². The number of aliphatic hydroxyl groups is 3. The van der Waals surface area contributed by atoms with Crippen LogP contribution in [0.1, 0.15) is 71.7 Å². The van der Waals surface area contributed by atoms with E-state index in [0.29, 0.717) is 5.57 Å². The summed E-state index contributed by atoms with van der Waals surface area (Å²) in [5.41, 5.74) is -4.62. The Balaban J connectivity index is 1.79. The van der Waals surface area contributed by atoms with E-state index in [2.05, 4.69) is 20.8 Å². The summed E-state index contributed by atoms with van der Waals surface area (Å²) >= 11 is 0. The van der Waals surface area contributed by atoms with Crippen molar-refractivity contribution in [1.82, 2.24) is 0 Å². The predicted molar refractivity (Wildman–Crippen MR) is 166 cm³/mol. The molecule has 1 unspecified atom stereocenters. The van der Waals surface area contributed by atoms with E-state index in [1.54, 1.807) is 37.3 Å². The molecule has 2 bridgehead atoms. The van der Waals surface area contributed by atoms with Gasteiger partial charge in [-0.3, -0.25) is 4.79 Å². The Bertz CT molecular complexity index is 1300. The maximum Gasteiger partial charge on any atom is 0.338 e. The molecular formula is C34H50O9Si. The quantitative estimate of drug-likeness (QED) is 0.220. The number of ketones is 1. The molecule has 10 heteroatoms. The zero-order valence-corrected chi connectivity index (χ0v) is 28.4. The van der Waals surface area contributed by atoms with Gasteiger partial charge in [-0.05, 0) is 55.3 Å².